The van der Waals surface area contributed by atoms with Gasteiger partial charge in [0.15, 0.2) is 0 Å². The number of carbonyl (C=O) groups excluding carboxylic acids is 2. The molecule has 0 spiro atoms. The number of rotatable bonds is 13. The summed E-state index contributed by atoms with van der Waals surface area (Å²) in [5, 5.41) is 8.97. The van der Waals surface area contributed by atoms with Gasteiger partial charge in [-0.05, 0) is 19.3 Å². The third-order valence-corrected chi connectivity index (χ3v) is 3.23. The quantitative estimate of drug-likeness (QED) is 0.270. The van der Waals surface area contributed by atoms with Crippen molar-refractivity contribution >= 4 is 12.6 Å². The van der Waals surface area contributed by atoms with E-state index in [2.05, 4.69) is 27.4 Å². The third-order valence-electron chi connectivity index (χ3n) is 3.23. The van der Waals surface area contributed by atoms with Gasteiger partial charge in [0.2, 0.25) is 0 Å². The highest BCUT2D eigenvalue weighted by atomic mass is 16.3. The van der Waals surface area contributed by atoms with Gasteiger partial charge in [-0.25, -0.2) is 0 Å². The summed E-state index contributed by atoms with van der Waals surface area (Å²) in [4.78, 5) is 19.4. The summed E-state index contributed by atoms with van der Waals surface area (Å²) in [5.74, 6) is 0. The van der Waals surface area contributed by atoms with Crippen molar-refractivity contribution < 1.29 is 14.7 Å². The van der Waals surface area contributed by atoms with Crippen LogP contribution in [0.15, 0.2) is 12.7 Å². The van der Waals surface area contributed by atoms with E-state index in [1.165, 1.54) is 38.5 Å². The maximum Gasteiger partial charge on any atom is 0.119 e. The zero-order valence-electron chi connectivity index (χ0n) is 15.8. The zero-order valence-corrected chi connectivity index (χ0v) is 15.8. The van der Waals surface area contributed by atoms with E-state index in [9.17, 15) is 9.59 Å². The molecule has 0 heterocycles. The lowest BCUT2D eigenvalue weighted by molar-refractivity contribution is -0.108. The summed E-state index contributed by atoms with van der Waals surface area (Å²) < 4.78 is 0. The first-order chi connectivity index (χ1) is 11.1. The molecule has 3 nitrogen and oxygen atoms in total. The van der Waals surface area contributed by atoms with Gasteiger partial charge in [0.25, 0.3) is 0 Å². The Morgan fingerprint density at radius 3 is 1.48 bits per heavy atom. The second kappa shape index (κ2) is 29.1. The number of aldehydes is 2. The van der Waals surface area contributed by atoms with Crippen molar-refractivity contribution in [3.63, 3.8) is 0 Å². The smallest absolute Gasteiger partial charge is 0.119 e. The molecule has 0 aliphatic carbocycles. The van der Waals surface area contributed by atoms with Crippen molar-refractivity contribution in [3.05, 3.63) is 12.7 Å². The first-order valence-corrected chi connectivity index (χ1v) is 9.32. The SMILES string of the molecule is C=CC(O)CCCCC.CCCCCC=O.CCCCCC=O. The van der Waals surface area contributed by atoms with Gasteiger partial charge in [0, 0.05) is 12.8 Å². The molecular formula is C20H40O3. The molecule has 23 heavy (non-hydrogen) atoms. The number of aliphatic hydroxyl groups is 1. The fraction of sp³-hybridized carbons (Fsp3) is 0.800. The van der Waals surface area contributed by atoms with Gasteiger partial charge in [0.1, 0.15) is 12.6 Å². The van der Waals surface area contributed by atoms with E-state index >= 15 is 0 Å². The topological polar surface area (TPSA) is 54.4 Å². The van der Waals surface area contributed by atoms with E-state index in [0.29, 0.717) is 0 Å². The molecule has 0 saturated carbocycles. The highest BCUT2D eigenvalue weighted by Crippen LogP contribution is 2.02. The average Bonchev–Trinajstić information content (AvgIpc) is 2.57. The van der Waals surface area contributed by atoms with Gasteiger partial charge in [-0.2, -0.15) is 0 Å². The fourth-order valence-corrected chi connectivity index (χ4v) is 1.68. The van der Waals surface area contributed by atoms with E-state index in [0.717, 1.165) is 51.1 Å². The second-order valence-corrected chi connectivity index (χ2v) is 5.62. The number of unbranched alkanes of at least 4 members (excludes halogenated alkanes) is 8. The molecule has 0 fully saturated rings. The molecule has 0 radical (unpaired) electrons. The zero-order chi connectivity index (χ0) is 18.2. The molecule has 0 aliphatic rings. The number of hydrogen-bond acceptors (Lipinski definition) is 3. The normalized spacial score (nSPS) is 10.4. The molecule has 3 heteroatoms. The molecule has 0 aromatic heterocycles. The van der Waals surface area contributed by atoms with E-state index in [1.54, 1.807) is 6.08 Å². The average molecular weight is 329 g/mol. The Bertz CT molecular complexity index is 213. The summed E-state index contributed by atoms with van der Waals surface area (Å²) in [6.07, 6.45) is 16.1. The van der Waals surface area contributed by atoms with Crippen molar-refractivity contribution in [2.75, 3.05) is 0 Å². The highest BCUT2D eigenvalue weighted by molar-refractivity contribution is 5.49. The molecule has 0 saturated heterocycles. The van der Waals surface area contributed by atoms with Crippen LogP contribution in [0.2, 0.25) is 0 Å². The van der Waals surface area contributed by atoms with Crippen LogP contribution in [0.25, 0.3) is 0 Å². The lowest BCUT2D eigenvalue weighted by Crippen LogP contribution is -1.99. The minimum absolute atomic E-state index is 0.281. The van der Waals surface area contributed by atoms with Gasteiger partial charge >= 0.3 is 0 Å². The Morgan fingerprint density at radius 1 is 0.783 bits per heavy atom. The molecule has 0 aromatic carbocycles. The van der Waals surface area contributed by atoms with E-state index in [-0.39, 0.29) is 6.10 Å². The summed E-state index contributed by atoms with van der Waals surface area (Å²) >= 11 is 0. The number of carbonyl (C=O) groups is 2. The molecule has 0 bridgehead atoms. The predicted molar refractivity (Wildman–Crippen MR) is 101 cm³/mol. The molecule has 1 unspecified atom stereocenters. The van der Waals surface area contributed by atoms with Gasteiger partial charge in [-0.1, -0.05) is 71.8 Å². The summed E-state index contributed by atoms with van der Waals surface area (Å²) in [6, 6.07) is 0. The molecule has 0 amide bonds. The summed E-state index contributed by atoms with van der Waals surface area (Å²) in [6.45, 7) is 9.90. The van der Waals surface area contributed by atoms with Crippen LogP contribution >= 0.6 is 0 Å². The van der Waals surface area contributed by atoms with Crippen LogP contribution in [0.5, 0.6) is 0 Å². The molecular weight excluding hydrogens is 288 g/mol. The van der Waals surface area contributed by atoms with Crippen LogP contribution < -0.4 is 0 Å². The molecule has 1 N–H and O–H groups in total. The van der Waals surface area contributed by atoms with Crippen LogP contribution in [-0.2, 0) is 9.59 Å². The second-order valence-electron chi connectivity index (χ2n) is 5.62. The Morgan fingerprint density at radius 2 is 1.17 bits per heavy atom. The minimum atomic E-state index is -0.281. The van der Waals surface area contributed by atoms with Crippen molar-refractivity contribution in [2.45, 2.75) is 104 Å². The van der Waals surface area contributed by atoms with Crippen molar-refractivity contribution in [1.29, 1.82) is 0 Å². The molecule has 0 aromatic rings. The largest absolute Gasteiger partial charge is 0.389 e. The van der Waals surface area contributed by atoms with Gasteiger partial charge in [-0.3, -0.25) is 0 Å². The Kier molecular flexibility index (Phi) is 34.1. The maximum atomic E-state index is 9.68. The molecule has 0 rings (SSSR count). The van der Waals surface area contributed by atoms with Crippen LogP contribution in [-0.4, -0.2) is 23.8 Å². The Balaban J connectivity index is -0.000000264. The van der Waals surface area contributed by atoms with E-state index in [1.807, 2.05) is 0 Å². The first-order valence-electron chi connectivity index (χ1n) is 9.32. The number of hydrogen-bond donors (Lipinski definition) is 1. The van der Waals surface area contributed by atoms with E-state index in [4.69, 9.17) is 5.11 Å². The highest BCUT2D eigenvalue weighted by Gasteiger charge is 1.94. The van der Waals surface area contributed by atoms with Gasteiger partial charge in [-0.15, -0.1) is 6.58 Å². The molecule has 1 atom stereocenters. The predicted octanol–water partition coefficient (Wildman–Crippen LogP) is 5.64. The third kappa shape index (κ3) is 38.7. The van der Waals surface area contributed by atoms with Gasteiger partial charge < -0.3 is 14.7 Å². The monoisotopic (exact) mass is 328 g/mol. The van der Waals surface area contributed by atoms with Crippen molar-refractivity contribution in [3.8, 4) is 0 Å². The van der Waals surface area contributed by atoms with Crippen LogP contribution in [0.3, 0.4) is 0 Å². The lowest BCUT2D eigenvalue weighted by atomic mass is 10.1. The number of aliphatic hydroxyl groups excluding tert-OH is 1. The summed E-state index contributed by atoms with van der Waals surface area (Å²) in [5.41, 5.74) is 0. The minimum Gasteiger partial charge on any atom is -0.389 e. The fourth-order valence-electron chi connectivity index (χ4n) is 1.68. The Labute approximate surface area is 144 Å². The molecule has 138 valence electrons. The maximum absolute atomic E-state index is 9.68. The van der Waals surface area contributed by atoms with Crippen LogP contribution in [0, 0.1) is 0 Å². The molecule has 0 aliphatic heterocycles. The van der Waals surface area contributed by atoms with Crippen molar-refractivity contribution in [2.24, 2.45) is 0 Å². The first kappa shape index (κ1) is 26.9. The van der Waals surface area contributed by atoms with Gasteiger partial charge in [0.05, 0.1) is 6.10 Å². The lowest BCUT2D eigenvalue weighted by Gasteiger charge is -2.01. The summed E-state index contributed by atoms with van der Waals surface area (Å²) in [7, 11) is 0. The standard InChI is InChI=1S/C8H16O.2C6H12O/c1-3-5-6-7-8(9)4-2;2*1-2-3-4-5-6-7/h4,8-9H,2-3,5-7H2,1H3;2*6H,2-5H2,1H3. The van der Waals surface area contributed by atoms with Crippen LogP contribution in [0.4, 0.5) is 0 Å². The van der Waals surface area contributed by atoms with E-state index < -0.39 is 0 Å². The Hall–Kier alpha value is -0.960. The van der Waals surface area contributed by atoms with Crippen molar-refractivity contribution in [1.82, 2.24) is 0 Å². The van der Waals surface area contributed by atoms with Crippen LogP contribution in [0.1, 0.15) is 97.8 Å².